The van der Waals surface area contributed by atoms with Crippen LogP contribution in [0.3, 0.4) is 0 Å². The van der Waals surface area contributed by atoms with Crippen molar-refractivity contribution < 1.29 is 14.3 Å². The number of likely N-dealkylation sites (N-methyl/N-ethyl adjacent to an activating group) is 1. The largest absolute Gasteiger partial charge is 0.481 e. The minimum absolute atomic E-state index is 0.0840. The Bertz CT molecular complexity index is 1500. The first-order valence-electron chi connectivity index (χ1n) is 13.6. The average Bonchev–Trinajstić information content (AvgIpc) is 3.16. The number of carbonyl (C=O) groups excluding carboxylic acids is 2. The van der Waals surface area contributed by atoms with E-state index in [9.17, 15) is 9.59 Å². The van der Waals surface area contributed by atoms with Gasteiger partial charge in [0.15, 0.2) is 6.10 Å². The molecule has 2 amide bonds. The lowest BCUT2D eigenvalue weighted by Gasteiger charge is -2.17. The van der Waals surface area contributed by atoms with Crippen LogP contribution < -0.4 is 15.4 Å². The molecule has 2 atom stereocenters. The Kier molecular flexibility index (Phi) is 8.44. The molecule has 1 heterocycles. The highest BCUT2D eigenvalue weighted by atomic mass is 16.5. The van der Waals surface area contributed by atoms with E-state index in [0.717, 1.165) is 33.3 Å². The van der Waals surface area contributed by atoms with Gasteiger partial charge in [0.2, 0.25) is 0 Å². The summed E-state index contributed by atoms with van der Waals surface area (Å²) in [5, 5.41) is 6.85. The van der Waals surface area contributed by atoms with E-state index in [0.29, 0.717) is 23.8 Å². The van der Waals surface area contributed by atoms with Gasteiger partial charge in [-0.25, -0.2) is 0 Å². The predicted molar refractivity (Wildman–Crippen MR) is 158 cm³/mol. The van der Waals surface area contributed by atoms with Crippen LogP contribution in [-0.2, 0) is 11.3 Å². The van der Waals surface area contributed by atoms with Crippen molar-refractivity contribution in [2.24, 2.45) is 0 Å². The molecule has 0 aliphatic rings. The maximum Gasteiger partial charge on any atom is 0.260 e. The first kappa shape index (κ1) is 28.0. The van der Waals surface area contributed by atoms with Crippen LogP contribution in [0.25, 0.3) is 10.9 Å². The summed E-state index contributed by atoms with van der Waals surface area (Å²) in [4.78, 5) is 25.1. The van der Waals surface area contributed by atoms with Gasteiger partial charge in [0.25, 0.3) is 11.8 Å². The van der Waals surface area contributed by atoms with Crippen molar-refractivity contribution in [1.29, 1.82) is 0 Å². The summed E-state index contributed by atoms with van der Waals surface area (Å²) in [5.41, 5.74) is 7.45. The molecule has 1 aromatic heterocycles. The summed E-state index contributed by atoms with van der Waals surface area (Å²) >= 11 is 0. The fourth-order valence-corrected chi connectivity index (χ4v) is 4.91. The van der Waals surface area contributed by atoms with Crippen LogP contribution in [0, 0.1) is 13.8 Å². The van der Waals surface area contributed by atoms with Gasteiger partial charge in [0.1, 0.15) is 5.75 Å². The van der Waals surface area contributed by atoms with Crippen LogP contribution in [0.15, 0.2) is 66.7 Å². The molecular formula is C33H39N3O3. The lowest BCUT2D eigenvalue weighted by atomic mass is 9.98. The van der Waals surface area contributed by atoms with E-state index < -0.39 is 6.10 Å². The van der Waals surface area contributed by atoms with E-state index in [2.05, 4.69) is 73.2 Å². The summed E-state index contributed by atoms with van der Waals surface area (Å²) < 4.78 is 8.08. The zero-order valence-electron chi connectivity index (χ0n) is 24.0. The number of benzene rings is 3. The number of nitrogens with zero attached hydrogens (tertiary/aromatic N) is 1. The van der Waals surface area contributed by atoms with Crippen molar-refractivity contribution in [3.05, 3.63) is 100 Å². The molecule has 0 saturated heterocycles. The Labute approximate surface area is 231 Å². The van der Waals surface area contributed by atoms with E-state index in [-0.39, 0.29) is 17.9 Å². The number of rotatable bonds is 9. The van der Waals surface area contributed by atoms with E-state index in [1.807, 2.05) is 43.3 Å². The van der Waals surface area contributed by atoms with Crippen molar-refractivity contribution in [2.45, 2.75) is 66.2 Å². The molecule has 39 heavy (non-hydrogen) atoms. The zero-order chi connectivity index (χ0) is 28.3. The third kappa shape index (κ3) is 6.17. The van der Waals surface area contributed by atoms with Gasteiger partial charge in [-0.15, -0.1) is 0 Å². The van der Waals surface area contributed by atoms with Crippen LogP contribution >= 0.6 is 0 Å². The highest BCUT2D eigenvalue weighted by Gasteiger charge is 2.17. The summed E-state index contributed by atoms with van der Waals surface area (Å²) in [7, 11) is 1.60. The topological polar surface area (TPSA) is 72.4 Å². The third-order valence-electron chi connectivity index (χ3n) is 7.49. The minimum Gasteiger partial charge on any atom is -0.481 e. The molecule has 3 aromatic carbocycles. The molecule has 204 valence electrons. The number of hydrogen-bond donors (Lipinski definition) is 2. The average molecular weight is 526 g/mol. The normalized spacial score (nSPS) is 12.8. The first-order chi connectivity index (χ1) is 18.6. The molecule has 6 nitrogen and oxygen atoms in total. The Hall–Kier alpha value is -4.06. The van der Waals surface area contributed by atoms with Crippen molar-refractivity contribution in [1.82, 2.24) is 15.2 Å². The molecule has 0 bridgehead atoms. The Morgan fingerprint density at radius 1 is 0.897 bits per heavy atom. The number of aromatic nitrogens is 1. The number of fused-ring (bicyclic) bond motifs is 1. The highest BCUT2D eigenvalue weighted by molar-refractivity contribution is 5.99. The second kappa shape index (κ2) is 11.8. The monoisotopic (exact) mass is 525 g/mol. The standard InChI is InChI=1S/C33H39N3O3/c1-20(2)26-11-9-12-27(17-26)22(4)35-33(38)28-14-15-31-30(18-28)21(3)23(5)36(31)19-25-10-8-13-29(16-25)39-24(6)32(37)34-7/h8-18,20,22,24H,19H2,1-7H3,(H,34,37)(H,35,38)/t22-,24-/m0/s1. The smallest absolute Gasteiger partial charge is 0.260 e. The molecule has 0 spiro atoms. The molecule has 0 saturated carbocycles. The van der Waals surface area contributed by atoms with E-state index >= 15 is 0 Å². The van der Waals surface area contributed by atoms with Crippen molar-refractivity contribution in [2.75, 3.05) is 7.05 Å². The predicted octanol–water partition coefficient (Wildman–Crippen LogP) is 6.43. The number of carbonyl (C=O) groups is 2. The van der Waals surface area contributed by atoms with E-state index in [4.69, 9.17) is 4.74 Å². The molecule has 0 unspecified atom stereocenters. The number of aryl methyl sites for hydroxylation is 1. The van der Waals surface area contributed by atoms with Gasteiger partial charge in [-0.1, -0.05) is 50.2 Å². The van der Waals surface area contributed by atoms with Gasteiger partial charge >= 0.3 is 0 Å². The molecule has 0 aliphatic carbocycles. The van der Waals surface area contributed by atoms with Gasteiger partial charge in [-0.05, 0) is 86.2 Å². The van der Waals surface area contributed by atoms with Gasteiger partial charge in [0, 0.05) is 35.8 Å². The number of hydrogen-bond acceptors (Lipinski definition) is 3. The SMILES string of the molecule is CNC(=O)[C@H](C)Oc1cccc(Cn2c(C)c(C)c3cc(C(=O)N[C@@H](C)c4cccc(C(C)C)c4)ccc32)c1. The second-order valence-electron chi connectivity index (χ2n) is 10.6. The Balaban J connectivity index is 1.55. The molecule has 0 fully saturated rings. The van der Waals surface area contributed by atoms with Crippen LogP contribution in [0.4, 0.5) is 0 Å². The summed E-state index contributed by atoms with van der Waals surface area (Å²) in [6.45, 7) is 13.0. The zero-order valence-corrected chi connectivity index (χ0v) is 24.0. The molecule has 4 aromatic rings. The fraction of sp³-hybridized carbons (Fsp3) is 0.333. The summed E-state index contributed by atoms with van der Waals surface area (Å²) in [5.74, 6) is 0.842. The number of amides is 2. The van der Waals surface area contributed by atoms with Crippen molar-refractivity contribution in [3.63, 3.8) is 0 Å². The first-order valence-corrected chi connectivity index (χ1v) is 13.6. The lowest BCUT2D eigenvalue weighted by Crippen LogP contribution is -2.33. The van der Waals surface area contributed by atoms with Crippen LogP contribution in [0.2, 0.25) is 0 Å². The van der Waals surface area contributed by atoms with Crippen LogP contribution in [0.5, 0.6) is 5.75 Å². The number of nitrogens with one attached hydrogen (secondary N) is 2. The molecule has 2 N–H and O–H groups in total. The van der Waals surface area contributed by atoms with Crippen LogP contribution in [0.1, 0.15) is 78.0 Å². The fourth-order valence-electron chi connectivity index (χ4n) is 4.91. The second-order valence-corrected chi connectivity index (χ2v) is 10.6. The maximum atomic E-state index is 13.2. The van der Waals surface area contributed by atoms with E-state index in [1.54, 1.807) is 14.0 Å². The molecule has 0 aliphatic heterocycles. The maximum absolute atomic E-state index is 13.2. The molecule has 6 heteroatoms. The molecule has 0 radical (unpaired) electrons. The quantitative estimate of drug-likeness (QED) is 0.264. The van der Waals surface area contributed by atoms with Gasteiger partial charge in [-0.3, -0.25) is 9.59 Å². The molecule has 4 rings (SSSR count). The van der Waals surface area contributed by atoms with Crippen LogP contribution in [-0.4, -0.2) is 29.5 Å². The van der Waals surface area contributed by atoms with Gasteiger partial charge in [-0.2, -0.15) is 0 Å². The third-order valence-corrected chi connectivity index (χ3v) is 7.49. The Morgan fingerprint density at radius 2 is 1.62 bits per heavy atom. The lowest BCUT2D eigenvalue weighted by molar-refractivity contribution is -0.126. The summed E-state index contributed by atoms with van der Waals surface area (Å²) in [6.07, 6.45) is -0.576. The molecular weight excluding hydrogens is 486 g/mol. The highest BCUT2D eigenvalue weighted by Crippen LogP contribution is 2.28. The van der Waals surface area contributed by atoms with E-state index in [1.165, 1.54) is 5.56 Å². The number of ether oxygens (including phenoxy) is 1. The van der Waals surface area contributed by atoms with Crippen molar-refractivity contribution >= 4 is 22.7 Å². The Morgan fingerprint density at radius 3 is 2.33 bits per heavy atom. The minimum atomic E-state index is -0.576. The van der Waals surface area contributed by atoms with Crippen molar-refractivity contribution in [3.8, 4) is 5.75 Å². The van der Waals surface area contributed by atoms with Gasteiger partial charge < -0.3 is 19.9 Å². The van der Waals surface area contributed by atoms with Gasteiger partial charge in [0.05, 0.1) is 6.04 Å². The summed E-state index contributed by atoms with van der Waals surface area (Å²) in [6, 6.07) is 22.1.